The first-order valence-electron chi connectivity index (χ1n) is 8.71. The lowest BCUT2D eigenvalue weighted by atomic mass is 10.1. The van der Waals surface area contributed by atoms with E-state index in [0.29, 0.717) is 22.9 Å². The third-order valence-corrected chi connectivity index (χ3v) is 5.49. The zero-order chi connectivity index (χ0) is 20.1. The lowest BCUT2D eigenvalue weighted by Gasteiger charge is -2.14. The van der Waals surface area contributed by atoms with Gasteiger partial charge in [0.25, 0.3) is 5.91 Å². The number of rotatable bonds is 5. The Balaban J connectivity index is 1.55. The van der Waals surface area contributed by atoms with E-state index in [2.05, 4.69) is 10.6 Å². The molecule has 1 aliphatic heterocycles. The molecule has 8 heteroatoms. The molecule has 2 aromatic carbocycles. The molecule has 1 aliphatic rings. The topological polar surface area (TPSA) is 84.5 Å². The molecule has 0 saturated carbocycles. The first-order chi connectivity index (χ1) is 13.4. The van der Waals surface area contributed by atoms with Crippen LogP contribution in [0, 0.1) is 0 Å². The fourth-order valence-electron chi connectivity index (χ4n) is 2.68. The smallest absolute Gasteiger partial charge is 0.338 e. The van der Waals surface area contributed by atoms with Gasteiger partial charge in [-0.3, -0.25) is 9.59 Å². The van der Waals surface area contributed by atoms with Gasteiger partial charge < -0.3 is 15.4 Å². The Labute approximate surface area is 172 Å². The van der Waals surface area contributed by atoms with E-state index in [4.69, 9.17) is 16.3 Å². The summed E-state index contributed by atoms with van der Waals surface area (Å²) < 4.78 is 5.10. The van der Waals surface area contributed by atoms with Crippen molar-refractivity contribution in [2.45, 2.75) is 24.3 Å². The van der Waals surface area contributed by atoms with Crippen molar-refractivity contribution in [3.8, 4) is 0 Å². The Morgan fingerprint density at radius 3 is 2.75 bits per heavy atom. The van der Waals surface area contributed by atoms with Gasteiger partial charge >= 0.3 is 5.97 Å². The molecule has 6 nitrogen and oxygen atoms in total. The van der Waals surface area contributed by atoms with Crippen LogP contribution in [0.4, 0.5) is 5.69 Å². The molecule has 28 heavy (non-hydrogen) atoms. The maximum absolute atomic E-state index is 12.3. The van der Waals surface area contributed by atoms with E-state index in [1.807, 2.05) is 19.1 Å². The van der Waals surface area contributed by atoms with Crippen LogP contribution >= 0.6 is 23.4 Å². The second-order valence-electron chi connectivity index (χ2n) is 6.27. The average Bonchev–Trinajstić information content (AvgIpc) is 2.86. The molecule has 1 heterocycles. The zero-order valence-corrected chi connectivity index (χ0v) is 16.7. The third kappa shape index (κ3) is 5.27. The minimum absolute atomic E-state index is 0.0904. The highest BCUT2D eigenvalue weighted by Crippen LogP contribution is 2.31. The highest BCUT2D eigenvalue weighted by Gasteiger charge is 2.17. The standard InChI is InChI=1S/C20H19ClN2O4S/c1-12(13-2-5-15(21)6-3-13)22-19(25)11-27-20(26)14-4-7-17-16(10-14)23-18(24)8-9-28-17/h2-7,10,12H,8-9,11H2,1H3,(H,22,25)(H,23,24)/t12-/m0/s1. The average molecular weight is 419 g/mol. The van der Waals surface area contributed by atoms with Gasteiger partial charge in [0, 0.05) is 22.1 Å². The number of halogens is 1. The number of amides is 2. The fraction of sp³-hybridized carbons (Fsp3) is 0.250. The summed E-state index contributed by atoms with van der Waals surface area (Å²) >= 11 is 7.41. The number of nitrogens with one attached hydrogen (secondary N) is 2. The fourth-order valence-corrected chi connectivity index (χ4v) is 3.74. The van der Waals surface area contributed by atoms with Gasteiger partial charge in [-0.2, -0.15) is 0 Å². The molecule has 1 atom stereocenters. The van der Waals surface area contributed by atoms with Crippen LogP contribution in [0.5, 0.6) is 0 Å². The number of hydrogen-bond donors (Lipinski definition) is 2. The van der Waals surface area contributed by atoms with Crippen LogP contribution in [0.2, 0.25) is 5.02 Å². The molecule has 0 bridgehead atoms. The summed E-state index contributed by atoms with van der Waals surface area (Å²) in [4.78, 5) is 36.9. The Morgan fingerprint density at radius 1 is 1.25 bits per heavy atom. The zero-order valence-electron chi connectivity index (χ0n) is 15.2. The summed E-state index contributed by atoms with van der Waals surface area (Å²) in [7, 11) is 0. The first-order valence-corrected chi connectivity index (χ1v) is 10.1. The summed E-state index contributed by atoms with van der Waals surface area (Å²) in [6.45, 7) is 1.44. The quantitative estimate of drug-likeness (QED) is 0.721. The molecular formula is C20H19ClN2O4S. The van der Waals surface area contributed by atoms with Gasteiger partial charge in [0.1, 0.15) is 0 Å². The Bertz CT molecular complexity index is 902. The lowest BCUT2D eigenvalue weighted by molar-refractivity contribution is -0.124. The second kappa shape index (κ2) is 9.12. The van der Waals surface area contributed by atoms with Crippen LogP contribution < -0.4 is 10.6 Å². The number of fused-ring (bicyclic) bond motifs is 1. The predicted molar refractivity (Wildman–Crippen MR) is 109 cm³/mol. The second-order valence-corrected chi connectivity index (χ2v) is 7.85. The molecule has 0 saturated heterocycles. The van der Waals surface area contributed by atoms with Crippen LogP contribution in [-0.2, 0) is 14.3 Å². The molecule has 146 valence electrons. The number of thioether (sulfide) groups is 1. The molecule has 0 spiro atoms. The Kier molecular flexibility index (Phi) is 6.59. The van der Waals surface area contributed by atoms with Crippen molar-refractivity contribution in [1.82, 2.24) is 5.32 Å². The maximum Gasteiger partial charge on any atom is 0.338 e. The molecule has 2 N–H and O–H groups in total. The number of carbonyl (C=O) groups excluding carboxylic acids is 3. The molecule has 0 unspecified atom stereocenters. The molecule has 2 amide bonds. The van der Waals surface area contributed by atoms with Crippen molar-refractivity contribution in [2.24, 2.45) is 0 Å². The van der Waals surface area contributed by atoms with E-state index in [0.717, 1.165) is 10.5 Å². The summed E-state index contributed by atoms with van der Waals surface area (Å²) in [5, 5.41) is 6.16. The van der Waals surface area contributed by atoms with Crippen molar-refractivity contribution in [3.05, 3.63) is 58.6 Å². The number of hydrogen-bond acceptors (Lipinski definition) is 5. The van der Waals surface area contributed by atoms with E-state index in [-0.39, 0.29) is 17.5 Å². The highest BCUT2D eigenvalue weighted by molar-refractivity contribution is 7.99. The van der Waals surface area contributed by atoms with Crippen molar-refractivity contribution in [2.75, 3.05) is 17.7 Å². The van der Waals surface area contributed by atoms with E-state index in [1.165, 1.54) is 0 Å². The van der Waals surface area contributed by atoms with Crippen LogP contribution in [-0.4, -0.2) is 30.1 Å². The van der Waals surface area contributed by atoms with Crippen molar-refractivity contribution in [1.29, 1.82) is 0 Å². The monoisotopic (exact) mass is 418 g/mol. The molecule has 2 aromatic rings. The minimum Gasteiger partial charge on any atom is -0.452 e. The molecule has 3 rings (SSSR count). The number of anilines is 1. The summed E-state index contributed by atoms with van der Waals surface area (Å²) in [6, 6.07) is 11.8. The van der Waals surface area contributed by atoms with E-state index >= 15 is 0 Å². The normalized spacial score (nSPS) is 14.3. The molecular weight excluding hydrogens is 400 g/mol. The summed E-state index contributed by atoms with van der Waals surface area (Å²) in [5.41, 5.74) is 1.76. The molecule has 0 radical (unpaired) electrons. The van der Waals surface area contributed by atoms with Gasteiger partial charge in [0.15, 0.2) is 6.61 Å². The number of benzene rings is 2. The van der Waals surface area contributed by atoms with Gasteiger partial charge in [0.2, 0.25) is 5.91 Å². The van der Waals surface area contributed by atoms with Gasteiger partial charge in [-0.1, -0.05) is 23.7 Å². The molecule has 0 aliphatic carbocycles. The van der Waals surface area contributed by atoms with Gasteiger partial charge in [0.05, 0.1) is 17.3 Å². The van der Waals surface area contributed by atoms with Gasteiger partial charge in [-0.25, -0.2) is 4.79 Å². The minimum atomic E-state index is -0.624. The van der Waals surface area contributed by atoms with Crippen LogP contribution in [0.25, 0.3) is 0 Å². The summed E-state index contributed by atoms with van der Waals surface area (Å²) in [6.07, 6.45) is 0.422. The number of ether oxygens (including phenoxy) is 1. The Morgan fingerprint density at radius 2 is 2.00 bits per heavy atom. The SMILES string of the molecule is C[C@H](NC(=O)COC(=O)c1ccc2c(c1)NC(=O)CCS2)c1ccc(Cl)cc1. The maximum atomic E-state index is 12.3. The van der Waals surface area contributed by atoms with E-state index in [1.54, 1.807) is 42.1 Å². The Hall–Kier alpha value is -2.51. The van der Waals surface area contributed by atoms with E-state index in [9.17, 15) is 14.4 Å². The first kappa shape index (κ1) is 20.2. The third-order valence-electron chi connectivity index (χ3n) is 4.16. The van der Waals surface area contributed by atoms with Crippen LogP contribution in [0.1, 0.15) is 35.3 Å². The van der Waals surface area contributed by atoms with Gasteiger partial charge in [-0.15, -0.1) is 11.8 Å². The van der Waals surface area contributed by atoms with Crippen molar-refractivity contribution >= 4 is 46.8 Å². The largest absolute Gasteiger partial charge is 0.452 e. The number of carbonyl (C=O) groups is 3. The van der Waals surface area contributed by atoms with Gasteiger partial charge in [-0.05, 0) is 42.8 Å². The van der Waals surface area contributed by atoms with Crippen LogP contribution in [0.15, 0.2) is 47.4 Å². The predicted octanol–water partition coefficient (Wildman–Crippen LogP) is 3.81. The molecule has 0 aromatic heterocycles. The van der Waals surface area contributed by atoms with E-state index < -0.39 is 18.5 Å². The number of esters is 1. The summed E-state index contributed by atoms with van der Waals surface area (Å²) in [5.74, 6) is -0.434. The lowest BCUT2D eigenvalue weighted by Crippen LogP contribution is -2.31. The van der Waals surface area contributed by atoms with Crippen molar-refractivity contribution < 1.29 is 19.1 Å². The highest BCUT2D eigenvalue weighted by atomic mass is 35.5. The van der Waals surface area contributed by atoms with Crippen molar-refractivity contribution in [3.63, 3.8) is 0 Å². The van der Waals surface area contributed by atoms with Crippen LogP contribution in [0.3, 0.4) is 0 Å². The molecule has 0 fully saturated rings.